The van der Waals surface area contributed by atoms with Crippen molar-refractivity contribution in [2.75, 3.05) is 0 Å². The molecular formula is C19H37NO4. The van der Waals surface area contributed by atoms with Gasteiger partial charge in [-0.25, -0.2) is 4.79 Å². The second-order valence-electron chi connectivity index (χ2n) is 8.66. The number of hydrogen-bond acceptors (Lipinski definition) is 3. The summed E-state index contributed by atoms with van der Waals surface area (Å²) in [6.07, 6.45) is 6.27. The van der Waals surface area contributed by atoms with Crippen molar-refractivity contribution in [3.63, 3.8) is 0 Å². The smallest absolute Gasteiger partial charge is 0.431 e. The number of hydrogen-bond donors (Lipinski definition) is 2. The zero-order valence-electron chi connectivity index (χ0n) is 16.1. The molecule has 1 amide bonds. The molecule has 0 bridgehead atoms. The number of rotatable bonds is 8. The molecule has 5 heteroatoms. The van der Waals surface area contributed by atoms with E-state index in [1.165, 1.54) is 19.3 Å². The molecule has 0 radical (unpaired) electrons. The van der Waals surface area contributed by atoms with Crippen molar-refractivity contribution in [2.45, 2.75) is 104 Å². The number of carboxylic acid groups (broad SMARTS) is 1. The maximum Gasteiger partial charge on any atom is 0.431 e. The lowest BCUT2D eigenvalue weighted by atomic mass is 9.83. The van der Waals surface area contributed by atoms with Crippen LogP contribution in [0.5, 0.6) is 0 Å². The van der Waals surface area contributed by atoms with Crippen LogP contribution in [0, 0.1) is 11.8 Å². The van der Waals surface area contributed by atoms with Gasteiger partial charge in [-0.05, 0) is 51.9 Å². The van der Waals surface area contributed by atoms with E-state index in [0.29, 0.717) is 24.7 Å². The van der Waals surface area contributed by atoms with Gasteiger partial charge in [0.15, 0.2) is 0 Å². The first-order chi connectivity index (χ1) is 11.1. The van der Waals surface area contributed by atoms with Gasteiger partial charge in [0.05, 0.1) is 17.7 Å². The van der Waals surface area contributed by atoms with Gasteiger partial charge in [0.1, 0.15) is 0 Å². The van der Waals surface area contributed by atoms with Gasteiger partial charge < -0.3 is 10.2 Å². The van der Waals surface area contributed by atoms with Crippen LogP contribution in [-0.4, -0.2) is 39.1 Å². The maximum atomic E-state index is 11.8. The Bertz CT molecular complexity index is 372. The van der Waals surface area contributed by atoms with Crippen LogP contribution in [0.1, 0.15) is 86.0 Å². The van der Waals surface area contributed by atoms with Crippen molar-refractivity contribution in [1.82, 2.24) is 5.06 Å². The van der Waals surface area contributed by atoms with Gasteiger partial charge in [-0.2, -0.15) is 5.06 Å². The fourth-order valence-electron chi connectivity index (χ4n) is 3.41. The molecule has 0 aliphatic heterocycles. The number of aliphatic hydroxyl groups excluding tert-OH is 1. The number of hydroxylamine groups is 2. The predicted molar refractivity (Wildman–Crippen MR) is 95.8 cm³/mol. The first-order valence-electron chi connectivity index (χ1n) is 9.49. The van der Waals surface area contributed by atoms with E-state index in [4.69, 9.17) is 4.84 Å². The van der Waals surface area contributed by atoms with Gasteiger partial charge in [0.25, 0.3) is 0 Å². The lowest BCUT2D eigenvalue weighted by Gasteiger charge is -2.38. The van der Waals surface area contributed by atoms with Gasteiger partial charge >= 0.3 is 6.09 Å². The summed E-state index contributed by atoms with van der Waals surface area (Å²) in [6.45, 7) is 9.73. The van der Waals surface area contributed by atoms with Crippen molar-refractivity contribution in [1.29, 1.82) is 0 Å². The largest absolute Gasteiger partial charge is 0.463 e. The average Bonchev–Trinajstić information content (AvgIpc) is 2.48. The number of carbonyl (C=O) groups is 1. The summed E-state index contributed by atoms with van der Waals surface area (Å²) in [5.41, 5.74) is -0.610. The van der Waals surface area contributed by atoms with Crippen LogP contribution in [0.4, 0.5) is 4.79 Å². The molecule has 1 aliphatic rings. The Morgan fingerprint density at radius 1 is 1.17 bits per heavy atom. The molecule has 5 nitrogen and oxygen atoms in total. The fourth-order valence-corrected chi connectivity index (χ4v) is 3.41. The zero-order chi connectivity index (χ0) is 18.3. The van der Waals surface area contributed by atoms with Crippen LogP contribution in [-0.2, 0) is 4.84 Å². The van der Waals surface area contributed by atoms with E-state index in [2.05, 4.69) is 13.8 Å². The third kappa shape index (κ3) is 7.84. The average molecular weight is 344 g/mol. The van der Waals surface area contributed by atoms with E-state index in [1.54, 1.807) is 0 Å². The highest BCUT2D eigenvalue weighted by atomic mass is 16.7. The Balaban J connectivity index is 2.87. The number of nitrogens with zero attached hydrogens (tertiary/aromatic N) is 1. The Labute approximate surface area is 147 Å². The highest BCUT2D eigenvalue weighted by Gasteiger charge is 2.35. The minimum absolute atomic E-state index is 0.475. The molecule has 142 valence electrons. The van der Waals surface area contributed by atoms with E-state index in [1.807, 2.05) is 20.8 Å². The Hall–Kier alpha value is -0.810. The molecule has 0 spiro atoms. The third-order valence-corrected chi connectivity index (χ3v) is 4.65. The summed E-state index contributed by atoms with van der Waals surface area (Å²) in [5, 5.41) is 21.4. The van der Waals surface area contributed by atoms with E-state index in [-0.39, 0.29) is 0 Å². The van der Waals surface area contributed by atoms with Gasteiger partial charge in [-0.15, -0.1) is 0 Å². The van der Waals surface area contributed by atoms with Crippen molar-refractivity contribution in [3.8, 4) is 0 Å². The van der Waals surface area contributed by atoms with Crippen LogP contribution >= 0.6 is 0 Å². The normalized spacial score (nSPS) is 19.3. The van der Waals surface area contributed by atoms with E-state index in [0.717, 1.165) is 24.3 Å². The summed E-state index contributed by atoms with van der Waals surface area (Å²) >= 11 is 0. The first-order valence-corrected chi connectivity index (χ1v) is 9.49. The predicted octanol–water partition coefficient (Wildman–Crippen LogP) is 4.83. The van der Waals surface area contributed by atoms with E-state index in [9.17, 15) is 15.0 Å². The molecule has 0 aromatic rings. The molecule has 1 fully saturated rings. The van der Waals surface area contributed by atoms with E-state index < -0.39 is 23.8 Å². The molecule has 0 saturated heterocycles. The molecule has 2 N–H and O–H groups in total. The van der Waals surface area contributed by atoms with Crippen molar-refractivity contribution in [2.24, 2.45) is 11.8 Å². The van der Waals surface area contributed by atoms with Gasteiger partial charge in [0.2, 0.25) is 0 Å². The SMILES string of the molecule is CC(C)CC[C@H](O)[C@H](CC1CCCCC1)N(OC(C)(C)C)C(=O)O. The van der Waals surface area contributed by atoms with E-state index >= 15 is 0 Å². The fraction of sp³-hybridized carbons (Fsp3) is 0.947. The number of amides is 1. The standard InChI is InChI=1S/C19H37NO4/c1-14(2)11-12-17(21)16(13-15-9-7-6-8-10-15)20(18(22)23)24-19(3,4)5/h14-17,21H,6-13H2,1-5H3,(H,22,23)/t16-,17-/m0/s1. The molecule has 1 rings (SSSR count). The monoisotopic (exact) mass is 343 g/mol. The molecule has 2 atom stereocenters. The minimum Gasteiger partial charge on any atom is -0.463 e. The molecular weight excluding hydrogens is 306 g/mol. The zero-order valence-corrected chi connectivity index (χ0v) is 16.1. The summed E-state index contributed by atoms with van der Waals surface area (Å²) in [4.78, 5) is 17.5. The van der Waals surface area contributed by atoms with Crippen molar-refractivity contribution in [3.05, 3.63) is 0 Å². The quantitative estimate of drug-likeness (QED) is 0.619. The van der Waals surface area contributed by atoms with Gasteiger partial charge in [-0.3, -0.25) is 4.84 Å². The lowest BCUT2D eigenvalue weighted by molar-refractivity contribution is -0.238. The summed E-state index contributed by atoms with van der Waals surface area (Å²) in [7, 11) is 0. The molecule has 0 unspecified atom stereocenters. The third-order valence-electron chi connectivity index (χ3n) is 4.65. The second-order valence-corrected chi connectivity index (χ2v) is 8.66. The molecule has 24 heavy (non-hydrogen) atoms. The molecule has 1 saturated carbocycles. The Morgan fingerprint density at radius 3 is 2.21 bits per heavy atom. The molecule has 0 aromatic heterocycles. The van der Waals surface area contributed by atoms with Crippen LogP contribution < -0.4 is 0 Å². The molecule has 0 aromatic carbocycles. The number of aliphatic hydroxyl groups is 1. The van der Waals surface area contributed by atoms with Crippen LogP contribution in [0.2, 0.25) is 0 Å². The lowest BCUT2D eigenvalue weighted by Crippen LogP contribution is -2.50. The second kappa shape index (κ2) is 9.62. The van der Waals surface area contributed by atoms with Crippen molar-refractivity contribution < 1.29 is 19.8 Å². The molecule has 0 heterocycles. The minimum atomic E-state index is -1.12. The first kappa shape index (κ1) is 21.2. The Kier molecular flexibility index (Phi) is 8.51. The maximum absolute atomic E-state index is 11.8. The van der Waals surface area contributed by atoms with Gasteiger partial charge in [0, 0.05) is 0 Å². The topological polar surface area (TPSA) is 70.0 Å². The van der Waals surface area contributed by atoms with Gasteiger partial charge in [-0.1, -0.05) is 46.0 Å². The molecule has 1 aliphatic carbocycles. The van der Waals surface area contributed by atoms with Crippen LogP contribution in [0.15, 0.2) is 0 Å². The summed E-state index contributed by atoms with van der Waals surface area (Å²) in [6, 6.07) is -0.497. The highest BCUT2D eigenvalue weighted by Crippen LogP contribution is 2.31. The van der Waals surface area contributed by atoms with Crippen LogP contribution in [0.25, 0.3) is 0 Å². The van der Waals surface area contributed by atoms with Crippen molar-refractivity contribution >= 4 is 6.09 Å². The Morgan fingerprint density at radius 2 is 1.75 bits per heavy atom. The summed E-state index contributed by atoms with van der Waals surface area (Å²) < 4.78 is 0. The van der Waals surface area contributed by atoms with Crippen LogP contribution in [0.3, 0.4) is 0 Å². The highest BCUT2D eigenvalue weighted by molar-refractivity contribution is 5.64. The summed E-state index contributed by atoms with van der Waals surface area (Å²) in [5.74, 6) is 0.958.